The largest absolute Gasteiger partial charge is 0.465 e. The van der Waals surface area contributed by atoms with Gasteiger partial charge in [-0.3, -0.25) is 15.1 Å². The van der Waals surface area contributed by atoms with E-state index in [1.807, 2.05) is 0 Å². The van der Waals surface area contributed by atoms with Gasteiger partial charge in [-0.25, -0.2) is 24.1 Å². The fourth-order valence-electron chi connectivity index (χ4n) is 2.42. The third kappa shape index (κ3) is 4.60. The smallest absolute Gasteiger partial charge is 0.411 e. The first kappa shape index (κ1) is 20.1. The number of aryl methyl sites for hydroxylation is 1. The lowest BCUT2D eigenvalue weighted by atomic mass is 10.1. The Labute approximate surface area is 171 Å². The summed E-state index contributed by atoms with van der Waals surface area (Å²) in [5.41, 5.74) is 6.94. The van der Waals surface area contributed by atoms with Crippen LogP contribution in [0.2, 0.25) is 0 Å². The molecule has 3 aromatic heterocycles. The van der Waals surface area contributed by atoms with Crippen molar-refractivity contribution in [3.8, 4) is 11.3 Å². The van der Waals surface area contributed by atoms with Crippen molar-refractivity contribution < 1.29 is 19.1 Å². The number of carbonyl (C=O) groups excluding carboxylic acids is 1. The molecule has 0 radical (unpaired) electrons. The highest BCUT2D eigenvalue weighted by atomic mass is 79.9. The van der Waals surface area contributed by atoms with Crippen LogP contribution in [-0.2, 0) is 0 Å². The van der Waals surface area contributed by atoms with E-state index in [2.05, 4.69) is 46.5 Å². The van der Waals surface area contributed by atoms with Gasteiger partial charge in [0.15, 0.2) is 11.5 Å². The van der Waals surface area contributed by atoms with Crippen molar-refractivity contribution in [1.82, 2.24) is 19.9 Å². The van der Waals surface area contributed by atoms with Gasteiger partial charge in [-0.2, -0.15) is 0 Å². The minimum Gasteiger partial charge on any atom is -0.465 e. The van der Waals surface area contributed by atoms with Crippen LogP contribution in [0.25, 0.3) is 11.3 Å². The number of nitrogens with two attached hydrogens (primary N) is 1. The Balaban J connectivity index is 1.98. The van der Waals surface area contributed by atoms with Crippen LogP contribution in [0.3, 0.4) is 0 Å². The number of nitrogen functional groups attached to an aromatic ring is 1. The zero-order valence-corrected chi connectivity index (χ0v) is 16.4. The topological polar surface area (TPSA) is 156 Å². The van der Waals surface area contributed by atoms with E-state index in [0.29, 0.717) is 17.0 Å². The molecule has 29 heavy (non-hydrogen) atoms. The van der Waals surface area contributed by atoms with Crippen molar-refractivity contribution in [2.75, 3.05) is 16.4 Å². The number of rotatable bonds is 4. The van der Waals surface area contributed by atoms with Crippen LogP contribution in [0.1, 0.15) is 16.2 Å². The van der Waals surface area contributed by atoms with E-state index in [0.717, 1.165) is 6.07 Å². The van der Waals surface area contributed by atoms with Crippen molar-refractivity contribution >= 4 is 45.3 Å². The molecule has 0 aliphatic carbocycles. The highest BCUT2D eigenvalue weighted by molar-refractivity contribution is 9.10. The summed E-state index contributed by atoms with van der Waals surface area (Å²) in [4.78, 5) is 39.4. The third-order valence-corrected chi connectivity index (χ3v) is 4.15. The highest BCUT2D eigenvalue weighted by Gasteiger charge is 2.18. The molecule has 0 aromatic carbocycles. The molecule has 2 amide bonds. The number of nitrogens with one attached hydrogen (secondary N) is 2. The summed E-state index contributed by atoms with van der Waals surface area (Å²) in [7, 11) is 0. The Kier molecular flexibility index (Phi) is 5.64. The van der Waals surface area contributed by atoms with Gasteiger partial charge in [-0.05, 0) is 35.0 Å². The van der Waals surface area contributed by atoms with Crippen LogP contribution in [0.5, 0.6) is 0 Å². The van der Waals surface area contributed by atoms with E-state index in [1.54, 1.807) is 19.1 Å². The maximum atomic E-state index is 13.5. The van der Waals surface area contributed by atoms with Gasteiger partial charge >= 0.3 is 6.09 Å². The maximum absolute atomic E-state index is 13.5. The number of nitrogens with zero attached hydrogens (tertiary/aromatic N) is 4. The molecule has 5 N–H and O–H groups in total. The number of halogens is 2. The summed E-state index contributed by atoms with van der Waals surface area (Å²) in [6.07, 6.45) is 1.55. The van der Waals surface area contributed by atoms with Crippen molar-refractivity contribution in [3.05, 3.63) is 52.4 Å². The monoisotopic (exact) mass is 461 g/mol. The molecule has 3 rings (SSSR count). The number of amides is 2. The van der Waals surface area contributed by atoms with Gasteiger partial charge in [0.2, 0.25) is 5.95 Å². The van der Waals surface area contributed by atoms with Crippen LogP contribution >= 0.6 is 15.9 Å². The zero-order chi connectivity index (χ0) is 21.1. The molecule has 0 spiro atoms. The van der Waals surface area contributed by atoms with Crippen molar-refractivity contribution in [1.29, 1.82) is 0 Å². The summed E-state index contributed by atoms with van der Waals surface area (Å²) in [5, 5.41) is 13.6. The first-order valence-corrected chi connectivity index (χ1v) is 8.76. The lowest BCUT2D eigenvalue weighted by molar-refractivity contribution is 0.102. The van der Waals surface area contributed by atoms with E-state index in [4.69, 9.17) is 10.8 Å². The lowest BCUT2D eigenvalue weighted by Crippen LogP contribution is -2.17. The van der Waals surface area contributed by atoms with E-state index in [-0.39, 0.29) is 27.6 Å². The first-order valence-electron chi connectivity index (χ1n) is 7.97. The number of carbonyl (C=O) groups is 2. The molecule has 0 saturated carbocycles. The summed E-state index contributed by atoms with van der Waals surface area (Å²) < 4.78 is 13.4. The molecular weight excluding hydrogens is 449 g/mol. The highest BCUT2D eigenvalue weighted by Crippen LogP contribution is 2.28. The average molecular weight is 462 g/mol. The molecule has 3 heterocycles. The van der Waals surface area contributed by atoms with Gasteiger partial charge in [-0.1, -0.05) is 0 Å². The van der Waals surface area contributed by atoms with Crippen molar-refractivity contribution in [2.45, 2.75) is 6.92 Å². The van der Waals surface area contributed by atoms with Gasteiger partial charge in [-0.15, -0.1) is 0 Å². The SMILES string of the molecule is Cc1cc(-c2ccncc2NC(=O)c2nc(Br)c(F)cc2N)nc(NC(=O)O)n1. The average Bonchev–Trinajstić information content (AvgIpc) is 2.64. The molecule has 0 fully saturated rings. The number of anilines is 3. The molecule has 0 unspecified atom stereocenters. The van der Waals surface area contributed by atoms with E-state index >= 15 is 0 Å². The normalized spacial score (nSPS) is 10.4. The first-order chi connectivity index (χ1) is 13.7. The molecular formula is C17H13BrFN7O3. The van der Waals surface area contributed by atoms with Gasteiger partial charge < -0.3 is 16.2 Å². The summed E-state index contributed by atoms with van der Waals surface area (Å²) in [6, 6.07) is 4.17. The Morgan fingerprint density at radius 3 is 2.69 bits per heavy atom. The predicted octanol–water partition coefficient (Wildman–Crippen LogP) is 3.07. The quantitative estimate of drug-likeness (QED) is 0.431. The fourth-order valence-corrected chi connectivity index (χ4v) is 2.71. The van der Waals surface area contributed by atoms with Gasteiger partial charge in [0.25, 0.3) is 5.91 Å². The molecule has 148 valence electrons. The second kappa shape index (κ2) is 8.14. The number of hydrogen-bond donors (Lipinski definition) is 4. The van der Waals surface area contributed by atoms with E-state index in [9.17, 15) is 14.0 Å². The van der Waals surface area contributed by atoms with Crippen LogP contribution < -0.4 is 16.4 Å². The fraction of sp³-hybridized carbons (Fsp3) is 0.0588. The minimum absolute atomic E-state index is 0.116. The number of pyridine rings is 2. The third-order valence-electron chi connectivity index (χ3n) is 3.60. The molecule has 3 aromatic rings. The zero-order valence-electron chi connectivity index (χ0n) is 14.8. The molecule has 0 bridgehead atoms. The van der Waals surface area contributed by atoms with Gasteiger partial charge in [0.05, 0.1) is 23.3 Å². The van der Waals surface area contributed by atoms with Crippen LogP contribution in [0, 0.1) is 12.7 Å². The molecule has 0 atom stereocenters. The Bertz CT molecular complexity index is 1130. The molecule has 0 aliphatic heterocycles. The summed E-state index contributed by atoms with van der Waals surface area (Å²) in [6.45, 7) is 1.66. The Morgan fingerprint density at radius 1 is 1.21 bits per heavy atom. The molecule has 0 saturated heterocycles. The van der Waals surface area contributed by atoms with Crippen LogP contribution in [-0.4, -0.2) is 37.0 Å². The summed E-state index contributed by atoms with van der Waals surface area (Å²) in [5.74, 6) is -1.50. The predicted molar refractivity (Wildman–Crippen MR) is 106 cm³/mol. The second-order valence-corrected chi connectivity index (χ2v) is 6.47. The van der Waals surface area contributed by atoms with Gasteiger partial charge in [0.1, 0.15) is 4.60 Å². The van der Waals surface area contributed by atoms with Crippen molar-refractivity contribution in [2.24, 2.45) is 0 Å². The standard InChI is InChI=1S/C17H13BrFN7O3/c1-7-4-11(24-16(22-7)26-17(28)29)8-2-3-21-6-12(8)23-15(27)13-10(20)5-9(19)14(18)25-13/h2-6H,20H2,1H3,(H,23,27)(H,28,29)(H,22,24,26). The maximum Gasteiger partial charge on any atom is 0.411 e. The van der Waals surface area contributed by atoms with Crippen LogP contribution in [0.4, 0.5) is 26.5 Å². The number of hydrogen-bond acceptors (Lipinski definition) is 7. The Hall–Kier alpha value is -3.67. The van der Waals surface area contributed by atoms with E-state index in [1.165, 1.54) is 12.4 Å². The molecule has 12 heteroatoms. The molecule has 10 nitrogen and oxygen atoms in total. The number of carboxylic acid groups (broad SMARTS) is 1. The lowest BCUT2D eigenvalue weighted by Gasteiger charge is -2.12. The Morgan fingerprint density at radius 2 is 1.97 bits per heavy atom. The van der Waals surface area contributed by atoms with E-state index < -0.39 is 17.8 Å². The van der Waals surface area contributed by atoms with Crippen molar-refractivity contribution in [3.63, 3.8) is 0 Å². The van der Waals surface area contributed by atoms with Crippen LogP contribution in [0.15, 0.2) is 35.2 Å². The second-order valence-electron chi connectivity index (χ2n) is 5.72. The minimum atomic E-state index is -1.31. The summed E-state index contributed by atoms with van der Waals surface area (Å²) >= 11 is 2.91. The number of aromatic nitrogens is 4. The molecule has 0 aliphatic rings. The van der Waals surface area contributed by atoms with Gasteiger partial charge in [0, 0.05) is 23.5 Å².